The van der Waals surface area contributed by atoms with Gasteiger partial charge < -0.3 is 20.5 Å². The number of hydrogen-bond donors (Lipinski definition) is 3. The van der Waals surface area contributed by atoms with Crippen molar-refractivity contribution in [2.24, 2.45) is 0 Å². The first-order valence-corrected chi connectivity index (χ1v) is 8.00. The van der Waals surface area contributed by atoms with Crippen LogP contribution in [-0.4, -0.2) is 43.0 Å². The van der Waals surface area contributed by atoms with Gasteiger partial charge in [-0.05, 0) is 12.0 Å². The number of carbonyl (C=O) groups excluding carboxylic acids is 1. The van der Waals surface area contributed by atoms with Gasteiger partial charge in [-0.25, -0.2) is 4.79 Å². The Kier molecular flexibility index (Phi) is 6.21. The van der Waals surface area contributed by atoms with E-state index in [4.69, 9.17) is 4.74 Å². The second-order valence-corrected chi connectivity index (χ2v) is 5.92. The number of carbonyl (C=O) groups is 1. The largest absolute Gasteiger partial charge is 0.388 e. The lowest BCUT2D eigenvalue weighted by Crippen LogP contribution is -2.49. The zero-order valence-corrected chi connectivity index (χ0v) is 13.2. The highest BCUT2D eigenvalue weighted by atomic mass is 16.5. The summed E-state index contributed by atoms with van der Waals surface area (Å²) in [6, 6.07) is 9.95. The van der Waals surface area contributed by atoms with Crippen LogP contribution in [0.15, 0.2) is 30.3 Å². The minimum Gasteiger partial charge on any atom is -0.388 e. The van der Waals surface area contributed by atoms with E-state index < -0.39 is 5.60 Å². The molecule has 1 saturated heterocycles. The molecule has 1 unspecified atom stereocenters. The SMILES string of the molecule is CCC(CNC(=O)NCC1(O)CCOCC1)c1ccccc1. The van der Waals surface area contributed by atoms with Gasteiger partial charge >= 0.3 is 6.03 Å². The number of hydrogen-bond acceptors (Lipinski definition) is 3. The third kappa shape index (κ3) is 5.00. The Morgan fingerprint density at radius 1 is 1.27 bits per heavy atom. The first kappa shape index (κ1) is 16.8. The average molecular weight is 306 g/mol. The summed E-state index contributed by atoms with van der Waals surface area (Å²) in [5.74, 6) is 0.304. The molecule has 1 heterocycles. The van der Waals surface area contributed by atoms with Crippen LogP contribution in [0.25, 0.3) is 0 Å². The van der Waals surface area contributed by atoms with Gasteiger partial charge in [-0.1, -0.05) is 37.3 Å². The van der Waals surface area contributed by atoms with Crippen molar-refractivity contribution in [1.82, 2.24) is 10.6 Å². The topological polar surface area (TPSA) is 70.6 Å². The van der Waals surface area contributed by atoms with E-state index in [9.17, 15) is 9.90 Å². The molecule has 5 nitrogen and oxygen atoms in total. The Morgan fingerprint density at radius 2 is 1.95 bits per heavy atom. The van der Waals surface area contributed by atoms with Crippen molar-refractivity contribution in [3.63, 3.8) is 0 Å². The Bertz CT molecular complexity index is 458. The van der Waals surface area contributed by atoms with Crippen LogP contribution in [0.1, 0.15) is 37.7 Å². The number of ether oxygens (including phenoxy) is 1. The Labute approximate surface area is 132 Å². The first-order valence-electron chi connectivity index (χ1n) is 8.00. The summed E-state index contributed by atoms with van der Waals surface area (Å²) in [6.45, 7) is 4.07. The van der Waals surface area contributed by atoms with E-state index in [-0.39, 0.29) is 12.6 Å². The predicted molar refractivity (Wildman–Crippen MR) is 85.9 cm³/mol. The predicted octanol–water partition coefficient (Wildman–Crippen LogP) is 2.02. The molecule has 1 atom stereocenters. The molecular formula is C17H26N2O3. The maximum atomic E-state index is 11.9. The summed E-state index contributed by atoms with van der Waals surface area (Å²) < 4.78 is 5.23. The van der Waals surface area contributed by atoms with E-state index in [2.05, 4.69) is 29.7 Å². The maximum absolute atomic E-state index is 11.9. The molecule has 1 aromatic rings. The van der Waals surface area contributed by atoms with Crippen LogP contribution in [0.5, 0.6) is 0 Å². The van der Waals surface area contributed by atoms with E-state index in [0.717, 1.165) is 6.42 Å². The summed E-state index contributed by atoms with van der Waals surface area (Å²) in [6.07, 6.45) is 2.09. The van der Waals surface area contributed by atoms with Gasteiger partial charge in [-0.2, -0.15) is 0 Å². The lowest BCUT2D eigenvalue weighted by Gasteiger charge is -2.32. The molecule has 0 aromatic heterocycles. The van der Waals surface area contributed by atoms with E-state index in [1.807, 2.05) is 18.2 Å². The Morgan fingerprint density at radius 3 is 2.59 bits per heavy atom. The number of benzene rings is 1. The van der Waals surface area contributed by atoms with Gasteiger partial charge in [-0.15, -0.1) is 0 Å². The van der Waals surface area contributed by atoms with E-state index in [1.54, 1.807) is 0 Å². The Balaban J connectivity index is 1.74. The highest BCUT2D eigenvalue weighted by Gasteiger charge is 2.30. The van der Waals surface area contributed by atoms with Crippen molar-refractivity contribution in [3.05, 3.63) is 35.9 Å². The molecule has 1 aromatic carbocycles. The van der Waals surface area contributed by atoms with Crippen LogP contribution < -0.4 is 10.6 Å². The third-order valence-electron chi connectivity index (χ3n) is 4.27. The van der Waals surface area contributed by atoms with Gasteiger partial charge in [0.1, 0.15) is 0 Å². The summed E-state index contributed by atoms with van der Waals surface area (Å²) in [4.78, 5) is 11.9. The Hall–Kier alpha value is -1.59. The number of nitrogens with one attached hydrogen (secondary N) is 2. The van der Waals surface area contributed by atoms with E-state index in [0.29, 0.717) is 38.5 Å². The minimum atomic E-state index is -0.834. The van der Waals surface area contributed by atoms with Crippen LogP contribution in [-0.2, 0) is 4.74 Å². The quantitative estimate of drug-likeness (QED) is 0.753. The lowest BCUT2D eigenvalue weighted by molar-refractivity contribution is -0.0600. The number of aliphatic hydroxyl groups is 1. The third-order valence-corrected chi connectivity index (χ3v) is 4.27. The highest BCUT2D eigenvalue weighted by molar-refractivity contribution is 5.74. The van der Waals surface area contributed by atoms with Crippen molar-refractivity contribution in [2.45, 2.75) is 37.7 Å². The van der Waals surface area contributed by atoms with Gasteiger partial charge in [0.15, 0.2) is 0 Å². The van der Waals surface area contributed by atoms with Gasteiger partial charge in [-0.3, -0.25) is 0 Å². The van der Waals surface area contributed by atoms with Gasteiger partial charge in [0.05, 0.1) is 5.60 Å². The molecule has 1 aliphatic heterocycles. The van der Waals surface area contributed by atoms with Crippen LogP contribution in [0.2, 0.25) is 0 Å². The van der Waals surface area contributed by atoms with Crippen molar-refractivity contribution in [2.75, 3.05) is 26.3 Å². The zero-order chi connectivity index (χ0) is 15.8. The van der Waals surface area contributed by atoms with Crippen molar-refractivity contribution in [3.8, 4) is 0 Å². The van der Waals surface area contributed by atoms with E-state index >= 15 is 0 Å². The molecule has 0 radical (unpaired) electrons. The van der Waals surface area contributed by atoms with Crippen LogP contribution >= 0.6 is 0 Å². The fraction of sp³-hybridized carbons (Fsp3) is 0.588. The van der Waals surface area contributed by atoms with E-state index in [1.165, 1.54) is 5.56 Å². The molecular weight excluding hydrogens is 280 g/mol. The monoisotopic (exact) mass is 306 g/mol. The summed E-state index contributed by atoms with van der Waals surface area (Å²) in [5, 5.41) is 16.0. The zero-order valence-electron chi connectivity index (χ0n) is 13.2. The number of amides is 2. The van der Waals surface area contributed by atoms with Gasteiger partial charge in [0, 0.05) is 45.1 Å². The van der Waals surface area contributed by atoms with Crippen LogP contribution in [0.4, 0.5) is 4.79 Å². The molecule has 1 fully saturated rings. The average Bonchev–Trinajstić information content (AvgIpc) is 2.55. The fourth-order valence-corrected chi connectivity index (χ4v) is 2.67. The molecule has 1 aliphatic rings. The highest BCUT2D eigenvalue weighted by Crippen LogP contribution is 2.19. The maximum Gasteiger partial charge on any atom is 0.314 e. The number of urea groups is 1. The lowest BCUT2D eigenvalue weighted by atomic mass is 9.94. The molecule has 0 spiro atoms. The minimum absolute atomic E-state index is 0.228. The molecule has 22 heavy (non-hydrogen) atoms. The molecule has 0 bridgehead atoms. The molecule has 122 valence electrons. The van der Waals surface area contributed by atoms with Crippen LogP contribution in [0, 0.1) is 0 Å². The second-order valence-electron chi connectivity index (χ2n) is 5.92. The smallest absolute Gasteiger partial charge is 0.314 e. The molecule has 5 heteroatoms. The summed E-state index contributed by atoms with van der Waals surface area (Å²) in [7, 11) is 0. The second kappa shape index (κ2) is 8.15. The molecule has 3 N–H and O–H groups in total. The summed E-state index contributed by atoms with van der Waals surface area (Å²) in [5.41, 5.74) is 0.396. The van der Waals surface area contributed by atoms with Gasteiger partial charge in [0.2, 0.25) is 0 Å². The number of rotatable bonds is 6. The standard InChI is InChI=1S/C17H26N2O3/c1-2-14(15-6-4-3-5-7-15)12-18-16(20)19-13-17(21)8-10-22-11-9-17/h3-7,14,21H,2,8-13H2,1H3,(H2,18,19,20). The van der Waals surface area contributed by atoms with Crippen molar-refractivity contribution >= 4 is 6.03 Å². The van der Waals surface area contributed by atoms with Crippen LogP contribution in [0.3, 0.4) is 0 Å². The van der Waals surface area contributed by atoms with Crippen molar-refractivity contribution < 1.29 is 14.6 Å². The molecule has 2 amide bonds. The van der Waals surface area contributed by atoms with Crippen molar-refractivity contribution in [1.29, 1.82) is 0 Å². The normalized spacial score (nSPS) is 18.5. The molecule has 0 aliphatic carbocycles. The summed E-state index contributed by atoms with van der Waals surface area (Å²) >= 11 is 0. The fourth-order valence-electron chi connectivity index (χ4n) is 2.67. The first-order chi connectivity index (χ1) is 10.6. The molecule has 0 saturated carbocycles. The molecule has 2 rings (SSSR count). The van der Waals surface area contributed by atoms with Gasteiger partial charge in [0.25, 0.3) is 0 Å².